The molecule has 0 radical (unpaired) electrons. The molecule has 1 aliphatic rings. The zero-order valence-electron chi connectivity index (χ0n) is 12.5. The van der Waals surface area contributed by atoms with E-state index in [2.05, 4.69) is 44.7 Å². The lowest BCUT2D eigenvalue weighted by atomic mass is 10.0. The third-order valence-electron chi connectivity index (χ3n) is 3.63. The van der Waals surface area contributed by atoms with Gasteiger partial charge in [0.25, 0.3) is 0 Å². The summed E-state index contributed by atoms with van der Waals surface area (Å²) >= 11 is 1.73. The number of hydrogen-bond acceptors (Lipinski definition) is 5. The molecule has 0 saturated carbocycles. The van der Waals surface area contributed by atoms with Gasteiger partial charge in [-0.05, 0) is 43.4 Å². The van der Waals surface area contributed by atoms with Crippen LogP contribution in [-0.2, 0) is 12.8 Å². The lowest BCUT2D eigenvalue weighted by molar-refractivity contribution is 0.682. The van der Waals surface area contributed by atoms with Gasteiger partial charge < -0.3 is 4.90 Å². The lowest BCUT2D eigenvalue weighted by Gasteiger charge is -2.11. The number of anilines is 2. The summed E-state index contributed by atoms with van der Waals surface area (Å²) in [7, 11) is 4.07. The monoisotopic (exact) mass is 300 g/mol. The number of aromatic nitrogens is 1. The molecule has 0 atom stereocenters. The maximum absolute atomic E-state index is 4.61. The standard InChI is InChI=1S/C16H20N4S/c1-20(2)13-9-7-12(8-10-13)11-17-19-16-18-14-5-3-4-6-15(14)21-16/h7-11H,3-6H2,1-2H3,(H,18,19)/b17-11-. The van der Waals surface area contributed by atoms with Crippen LogP contribution in [-0.4, -0.2) is 25.3 Å². The zero-order valence-corrected chi connectivity index (χ0v) is 13.3. The topological polar surface area (TPSA) is 40.5 Å². The molecule has 3 rings (SSSR count). The Morgan fingerprint density at radius 1 is 1.19 bits per heavy atom. The predicted molar refractivity (Wildman–Crippen MR) is 90.7 cm³/mol. The average Bonchev–Trinajstić information content (AvgIpc) is 2.90. The molecule has 5 heteroatoms. The third kappa shape index (κ3) is 3.42. The van der Waals surface area contributed by atoms with Crippen LogP contribution in [0.1, 0.15) is 29.0 Å². The van der Waals surface area contributed by atoms with E-state index in [9.17, 15) is 0 Å². The first kappa shape index (κ1) is 14.1. The Bertz CT molecular complexity index is 605. The van der Waals surface area contributed by atoms with Gasteiger partial charge in [0, 0.05) is 24.7 Å². The largest absolute Gasteiger partial charge is 0.378 e. The van der Waals surface area contributed by atoms with E-state index in [4.69, 9.17) is 0 Å². The predicted octanol–water partition coefficient (Wildman–Crippen LogP) is 3.53. The highest BCUT2D eigenvalue weighted by molar-refractivity contribution is 7.15. The molecule has 0 amide bonds. The van der Waals surface area contributed by atoms with Gasteiger partial charge in [-0.25, -0.2) is 4.98 Å². The molecule has 0 fully saturated rings. The molecule has 1 aromatic heterocycles. The van der Waals surface area contributed by atoms with Crippen LogP contribution in [0.15, 0.2) is 29.4 Å². The summed E-state index contributed by atoms with van der Waals surface area (Å²) in [6, 6.07) is 8.30. The van der Waals surface area contributed by atoms with Crippen molar-refractivity contribution in [3.05, 3.63) is 40.4 Å². The number of fused-ring (bicyclic) bond motifs is 1. The van der Waals surface area contributed by atoms with Gasteiger partial charge in [0.15, 0.2) is 0 Å². The number of thiazole rings is 1. The van der Waals surface area contributed by atoms with E-state index >= 15 is 0 Å². The van der Waals surface area contributed by atoms with E-state index in [1.807, 2.05) is 20.3 Å². The number of hydrogen-bond donors (Lipinski definition) is 1. The first-order valence-corrected chi connectivity index (χ1v) is 8.09. The van der Waals surface area contributed by atoms with Gasteiger partial charge in [-0.2, -0.15) is 5.10 Å². The average molecular weight is 300 g/mol. The van der Waals surface area contributed by atoms with Crippen LogP contribution in [0.2, 0.25) is 0 Å². The second-order valence-corrected chi connectivity index (χ2v) is 6.54. The molecule has 1 N–H and O–H groups in total. The van der Waals surface area contributed by atoms with Crippen molar-refractivity contribution in [3.8, 4) is 0 Å². The molecule has 0 bridgehead atoms. The number of nitrogens with zero attached hydrogens (tertiary/aromatic N) is 3. The Morgan fingerprint density at radius 3 is 2.67 bits per heavy atom. The second-order valence-electron chi connectivity index (χ2n) is 5.45. The minimum absolute atomic E-state index is 0.906. The van der Waals surface area contributed by atoms with E-state index in [0.29, 0.717) is 0 Å². The summed E-state index contributed by atoms with van der Waals surface area (Å²) in [5.41, 5.74) is 6.58. The van der Waals surface area contributed by atoms with Gasteiger partial charge in [0.1, 0.15) is 0 Å². The molecule has 1 heterocycles. The van der Waals surface area contributed by atoms with E-state index in [1.165, 1.54) is 35.5 Å². The molecule has 0 aliphatic heterocycles. The smallest absolute Gasteiger partial charge is 0.203 e. The minimum atomic E-state index is 0.906. The Morgan fingerprint density at radius 2 is 1.95 bits per heavy atom. The van der Waals surface area contributed by atoms with Crippen LogP contribution in [0, 0.1) is 0 Å². The normalized spacial score (nSPS) is 14.2. The summed E-state index contributed by atoms with van der Waals surface area (Å²) < 4.78 is 0. The fourth-order valence-electron chi connectivity index (χ4n) is 2.42. The van der Waals surface area contributed by atoms with Crippen LogP contribution in [0.3, 0.4) is 0 Å². The quantitative estimate of drug-likeness (QED) is 0.693. The molecule has 0 saturated heterocycles. The van der Waals surface area contributed by atoms with Crippen molar-refractivity contribution in [2.24, 2.45) is 5.10 Å². The molecule has 0 spiro atoms. The molecule has 2 aromatic rings. The number of aryl methyl sites for hydroxylation is 2. The lowest BCUT2D eigenvalue weighted by Crippen LogP contribution is -2.08. The maximum Gasteiger partial charge on any atom is 0.203 e. The number of nitrogens with one attached hydrogen (secondary N) is 1. The van der Waals surface area contributed by atoms with Gasteiger partial charge in [-0.15, -0.1) is 11.3 Å². The van der Waals surface area contributed by atoms with Crippen LogP contribution < -0.4 is 10.3 Å². The summed E-state index contributed by atoms with van der Waals surface area (Å²) in [6.45, 7) is 0. The van der Waals surface area contributed by atoms with Gasteiger partial charge >= 0.3 is 0 Å². The first-order valence-electron chi connectivity index (χ1n) is 7.27. The molecular weight excluding hydrogens is 280 g/mol. The molecule has 110 valence electrons. The first-order chi connectivity index (χ1) is 10.2. The van der Waals surface area contributed by atoms with Gasteiger partial charge in [0.2, 0.25) is 5.13 Å². The SMILES string of the molecule is CN(C)c1ccc(/C=N\Nc2nc3c(s2)CCCC3)cc1. The highest BCUT2D eigenvalue weighted by Crippen LogP contribution is 2.29. The Hall–Kier alpha value is -1.88. The van der Waals surface area contributed by atoms with Crippen LogP contribution in [0.5, 0.6) is 0 Å². The van der Waals surface area contributed by atoms with Crippen molar-refractivity contribution in [3.63, 3.8) is 0 Å². The van der Waals surface area contributed by atoms with Crippen molar-refractivity contribution in [1.82, 2.24) is 4.98 Å². The minimum Gasteiger partial charge on any atom is -0.378 e. The molecular formula is C16H20N4S. The second kappa shape index (κ2) is 6.26. The molecule has 4 nitrogen and oxygen atoms in total. The van der Waals surface area contributed by atoms with Crippen molar-refractivity contribution in [2.75, 3.05) is 24.4 Å². The number of hydrazone groups is 1. The van der Waals surface area contributed by atoms with Crippen molar-refractivity contribution >= 4 is 28.4 Å². The highest BCUT2D eigenvalue weighted by atomic mass is 32.1. The zero-order chi connectivity index (χ0) is 14.7. The van der Waals surface area contributed by atoms with Crippen molar-refractivity contribution in [1.29, 1.82) is 0 Å². The molecule has 0 unspecified atom stereocenters. The molecule has 1 aromatic carbocycles. The fraction of sp³-hybridized carbons (Fsp3) is 0.375. The van der Waals surface area contributed by atoms with Crippen LogP contribution in [0.25, 0.3) is 0 Å². The summed E-state index contributed by atoms with van der Waals surface area (Å²) in [6.07, 6.45) is 6.67. The van der Waals surface area contributed by atoms with Crippen LogP contribution in [0.4, 0.5) is 10.8 Å². The van der Waals surface area contributed by atoms with Gasteiger partial charge in [0.05, 0.1) is 11.9 Å². The maximum atomic E-state index is 4.61. The Balaban J connectivity index is 1.62. The van der Waals surface area contributed by atoms with Crippen LogP contribution >= 0.6 is 11.3 Å². The van der Waals surface area contributed by atoms with E-state index in [0.717, 1.165) is 17.1 Å². The summed E-state index contributed by atoms with van der Waals surface area (Å²) in [5, 5.41) is 5.19. The summed E-state index contributed by atoms with van der Waals surface area (Å²) in [4.78, 5) is 8.11. The fourth-order valence-corrected chi connectivity index (χ4v) is 3.42. The number of benzene rings is 1. The molecule has 21 heavy (non-hydrogen) atoms. The highest BCUT2D eigenvalue weighted by Gasteiger charge is 2.14. The van der Waals surface area contributed by atoms with Crippen molar-refractivity contribution in [2.45, 2.75) is 25.7 Å². The van der Waals surface area contributed by atoms with Gasteiger partial charge in [-0.1, -0.05) is 12.1 Å². The summed E-state index contributed by atoms with van der Waals surface area (Å²) in [5.74, 6) is 0. The van der Waals surface area contributed by atoms with E-state index in [1.54, 1.807) is 11.3 Å². The Kier molecular flexibility index (Phi) is 4.20. The van der Waals surface area contributed by atoms with Gasteiger partial charge in [-0.3, -0.25) is 5.43 Å². The number of rotatable bonds is 4. The third-order valence-corrected chi connectivity index (χ3v) is 4.69. The molecule has 1 aliphatic carbocycles. The van der Waals surface area contributed by atoms with E-state index < -0.39 is 0 Å². The van der Waals surface area contributed by atoms with Crippen molar-refractivity contribution < 1.29 is 0 Å². The van der Waals surface area contributed by atoms with E-state index in [-0.39, 0.29) is 0 Å². The Labute approximate surface area is 129 Å².